The van der Waals surface area contributed by atoms with Crippen LogP contribution in [0.1, 0.15) is 15.9 Å². The zero-order chi connectivity index (χ0) is 17.5. The average molecular weight is 349 g/mol. The number of hydrazone groups is 1. The summed E-state index contributed by atoms with van der Waals surface area (Å²) in [4.78, 5) is 46.8. The van der Waals surface area contributed by atoms with Crippen LogP contribution in [0, 0.1) is 0 Å². The molecule has 11 heteroatoms. The number of carbonyl (C=O) groups excluding carboxylic acids is 1. The number of carboxylic acids is 1. The van der Waals surface area contributed by atoms with E-state index in [4.69, 9.17) is 5.11 Å². The van der Waals surface area contributed by atoms with Crippen LogP contribution >= 0.6 is 11.8 Å². The Morgan fingerprint density at radius 1 is 1.33 bits per heavy atom. The van der Waals surface area contributed by atoms with Crippen molar-refractivity contribution in [3.63, 3.8) is 0 Å². The van der Waals surface area contributed by atoms with Gasteiger partial charge < -0.3 is 5.11 Å². The summed E-state index contributed by atoms with van der Waals surface area (Å²) in [6, 6.07) is 6.16. The Morgan fingerprint density at radius 3 is 2.79 bits per heavy atom. The number of aromatic nitrogens is 3. The maximum absolute atomic E-state index is 11.6. The molecule has 2 aromatic rings. The molecule has 1 heterocycles. The Balaban J connectivity index is 1.93. The fraction of sp³-hybridized carbons (Fsp3) is 0.0769. The highest BCUT2D eigenvalue weighted by atomic mass is 32.2. The van der Waals surface area contributed by atoms with Gasteiger partial charge in [0.1, 0.15) is 0 Å². The van der Waals surface area contributed by atoms with Crippen LogP contribution in [-0.4, -0.2) is 44.1 Å². The van der Waals surface area contributed by atoms with E-state index in [-0.39, 0.29) is 16.3 Å². The quantitative estimate of drug-likeness (QED) is 0.308. The molecular weight excluding hydrogens is 338 g/mol. The lowest BCUT2D eigenvalue weighted by Gasteiger charge is -2.01. The smallest absolute Gasteiger partial charge is 0.342 e. The summed E-state index contributed by atoms with van der Waals surface area (Å²) in [6.45, 7) is 0. The van der Waals surface area contributed by atoms with Crippen LogP contribution in [0.2, 0.25) is 0 Å². The van der Waals surface area contributed by atoms with Gasteiger partial charge in [-0.25, -0.2) is 20.1 Å². The molecule has 0 bridgehead atoms. The molecular formula is C13H11N5O5S. The molecule has 0 atom stereocenters. The van der Waals surface area contributed by atoms with E-state index >= 15 is 0 Å². The fourth-order valence-corrected chi connectivity index (χ4v) is 2.20. The summed E-state index contributed by atoms with van der Waals surface area (Å²) in [6.07, 6.45) is 1.21. The molecule has 1 aromatic carbocycles. The first-order valence-electron chi connectivity index (χ1n) is 6.43. The third kappa shape index (κ3) is 4.64. The molecule has 1 amide bonds. The van der Waals surface area contributed by atoms with Gasteiger partial charge in [-0.15, -0.1) is 0 Å². The van der Waals surface area contributed by atoms with Gasteiger partial charge in [0.2, 0.25) is 5.91 Å². The lowest BCUT2D eigenvalue weighted by molar-refractivity contribution is -0.118. The molecule has 0 radical (unpaired) electrons. The number of thioether (sulfide) groups is 1. The molecule has 4 N–H and O–H groups in total. The summed E-state index contributed by atoms with van der Waals surface area (Å²) in [7, 11) is 0. The van der Waals surface area contributed by atoms with Crippen LogP contribution in [0.5, 0.6) is 0 Å². The summed E-state index contributed by atoms with van der Waals surface area (Å²) in [5, 5.41) is 18.2. The molecule has 0 aliphatic heterocycles. The first kappa shape index (κ1) is 17.1. The van der Waals surface area contributed by atoms with E-state index in [1.807, 2.05) is 10.1 Å². The van der Waals surface area contributed by atoms with Gasteiger partial charge in [0, 0.05) is 5.56 Å². The van der Waals surface area contributed by atoms with Gasteiger partial charge in [-0.3, -0.25) is 14.6 Å². The van der Waals surface area contributed by atoms with Crippen molar-refractivity contribution in [2.75, 3.05) is 5.75 Å². The van der Waals surface area contributed by atoms with Gasteiger partial charge >= 0.3 is 11.7 Å². The summed E-state index contributed by atoms with van der Waals surface area (Å²) < 4.78 is 0. The maximum atomic E-state index is 11.6. The Labute approximate surface area is 138 Å². The Hall–Kier alpha value is -3.21. The van der Waals surface area contributed by atoms with E-state index in [1.54, 1.807) is 12.1 Å². The van der Waals surface area contributed by atoms with Crippen molar-refractivity contribution in [3.8, 4) is 0 Å². The molecule has 0 fully saturated rings. The zero-order valence-electron chi connectivity index (χ0n) is 12.0. The minimum atomic E-state index is -1.11. The molecule has 1 aromatic heterocycles. The minimum absolute atomic E-state index is 0.0499. The average Bonchev–Trinajstić information content (AvgIpc) is 2.54. The van der Waals surface area contributed by atoms with Crippen LogP contribution in [-0.2, 0) is 4.79 Å². The third-order valence-corrected chi connectivity index (χ3v) is 3.56. The molecule has 0 aliphatic rings. The number of carboxylic acid groups (broad SMARTS) is 1. The predicted octanol–water partition coefficient (Wildman–Crippen LogP) is -0.601. The fourth-order valence-electron chi connectivity index (χ4n) is 1.58. The number of hydrogen-bond acceptors (Lipinski definition) is 7. The number of hydrogen-bond donors (Lipinski definition) is 4. The first-order chi connectivity index (χ1) is 11.5. The van der Waals surface area contributed by atoms with Gasteiger partial charge in [-0.2, -0.15) is 10.2 Å². The highest BCUT2D eigenvalue weighted by Gasteiger charge is 2.08. The van der Waals surface area contributed by atoms with Crippen molar-refractivity contribution in [2.24, 2.45) is 5.10 Å². The molecule has 0 saturated heterocycles. The molecule has 0 unspecified atom stereocenters. The largest absolute Gasteiger partial charge is 0.478 e. The highest BCUT2D eigenvalue weighted by molar-refractivity contribution is 7.99. The van der Waals surface area contributed by atoms with Gasteiger partial charge in [-0.05, 0) is 6.07 Å². The molecule has 2 rings (SSSR count). The van der Waals surface area contributed by atoms with Crippen molar-refractivity contribution >= 4 is 29.9 Å². The van der Waals surface area contributed by atoms with E-state index in [9.17, 15) is 19.2 Å². The zero-order valence-corrected chi connectivity index (χ0v) is 12.8. The van der Waals surface area contributed by atoms with Gasteiger partial charge in [0.15, 0.2) is 5.03 Å². The third-order valence-electron chi connectivity index (χ3n) is 2.60. The number of aromatic carboxylic acids is 1. The van der Waals surface area contributed by atoms with E-state index in [1.165, 1.54) is 18.3 Å². The number of nitrogens with one attached hydrogen (secondary N) is 3. The van der Waals surface area contributed by atoms with Gasteiger partial charge in [0.05, 0.1) is 17.5 Å². The lowest BCUT2D eigenvalue weighted by atomic mass is 10.1. The number of amides is 1. The Kier molecular flexibility index (Phi) is 5.63. The SMILES string of the molecule is O=C(CSc1n[nH]c(=O)[nH]c1=O)N/N=C/c1ccccc1C(=O)O. The van der Waals surface area contributed by atoms with Crippen LogP contribution in [0.4, 0.5) is 0 Å². The monoisotopic (exact) mass is 349 g/mol. The second kappa shape index (κ2) is 7.87. The molecule has 10 nitrogen and oxygen atoms in total. The van der Waals surface area contributed by atoms with Crippen molar-refractivity contribution in [1.82, 2.24) is 20.6 Å². The Bertz CT molecular complexity index is 904. The van der Waals surface area contributed by atoms with E-state index in [2.05, 4.69) is 15.6 Å². The molecule has 0 spiro atoms. The first-order valence-corrected chi connectivity index (χ1v) is 7.42. The molecule has 124 valence electrons. The van der Waals surface area contributed by atoms with Crippen molar-refractivity contribution in [1.29, 1.82) is 0 Å². The highest BCUT2D eigenvalue weighted by Crippen LogP contribution is 2.07. The predicted molar refractivity (Wildman–Crippen MR) is 85.3 cm³/mol. The maximum Gasteiger partial charge on any atom is 0.342 e. The minimum Gasteiger partial charge on any atom is -0.478 e. The van der Waals surface area contributed by atoms with Crippen LogP contribution in [0.25, 0.3) is 0 Å². The molecule has 0 saturated carbocycles. The normalized spacial score (nSPS) is 10.7. The van der Waals surface area contributed by atoms with E-state index in [0.29, 0.717) is 5.56 Å². The van der Waals surface area contributed by atoms with Crippen LogP contribution in [0.3, 0.4) is 0 Å². The summed E-state index contributed by atoms with van der Waals surface area (Å²) in [5.41, 5.74) is 1.14. The number of carbonyl (C=O) groups is 2. The number of rotatable bonds is 6. The lowest BCUT2D eigenvalue weighted by Crippen LogP contribution is -2.26. The number of nitrogens with zero attached hydrogens (tertiary/aromatic N) is 2. The Morgan fingerprint density at radius 2 is 2.08 bits per heavy atom. The van der Waals surface area contributed by atoms with Crippen molar-refractivity contribution < 1.29 is 14.7 Å². The van der Waals surface area contributed by atoms with Gasteiger partial charge in [0.25, 0.3) is 5.56 Å². The standard InChI is InChI=1S/C13H11N5O5S/c19-9(6-24-11-10(20)15-13(23)18-17-11)16-14-5-7-3-1-2-4-8(7)12(21)22/h1-5H,6H2,(H,16,19)(H,21,22)(H2,15,18,20,23)/b14-5+. The van der Waals surface area contributed by atoms with Gasteiger partial charge in [-0.1, -0.05) is 30.0 Å². The van der Waals surface area contributed by atoms with Crippen molar-refractivity contribution in [3.05, 3.63) is 56.2 Å². The van der Waals surface area contributed by atoms with E-state index < -0.39 is 23.1 Å². The summed E-state index contributed by atoms with van der Waals surface area (Å²) in [5.74, 6) is -1.81. The van der Waals surface area contributed by atoms with E-state index in [0.717, 1.165) is 11.8 Å². The molecule has 0 aliphatic carbocycles. The van der Waals surface area contributed by atoms with Crippen LogP contribution in [0.15, 0.2) is 44.0 Å². The van der Waals surface area contributed by atoms with Crippen molar-refractivity contribution in [2.45, 2.75) is 5.03 Å². The second-order valence-electron chi connectivity index (χ2n) is 4.29. The number of H-pyrrole nitrogens is 2. The molecule has 24 heavy (non-hydrogen) atoms. The number of aromatic amines is 2. The number of benzene rings is 1. The summed E-state index contributed by atoms with van der Waals surface area (Å²) >= 11 is 0.813. The van der Waals surface area contributed by atoms with Crippen LogP contribution < -0.4 is 16.7 Å². The topological polar surface area (TPSA) is 157 Å². The second-order valence-corrected chi connectivity index (χ2v) is 5.25.